The van der Waals surface area contributed by atoms with Crippen molar-refractivity contribution >= 4 is 80.3 Å². The maximum atomic E-state index is 12.7. The molecule has 4 nitrogen and oxygen atoms in total. The van der Waals surface area contributed by atoms with Gasteiger partial charge < -0.3 is 9.88 Å². The van der Waals surface area contributed by atoms with E-state index in [1.165, 1.54) is 11.8 Å². The molecule has 1 fully saturated rings. The van der Waals surface area contributed by atoms with Crippen LogP contribution in [-0.4, -0.2) is 15.6 Å². The van der Waals surface area contributed by atoms with Gasteiger partial charge in [-0.2, -0.15) is 0 Å². The quantitative estimate of drug-likeness (QED) is 0.275. The van der Waals surface area contributed by atoms with Crippen molar-refractivity contribution in [2.75, 3.05) is 0 Å². The lowest BCUT2D eigenvalue weighted by atomic mass is 10.1. The van der Waals surface area contributed by atoms with Crippen LogP contribution in [0.3, 0.4) is 0 Å². The molecule has 2 heterocycles. The van der Waals surface area contributed by atoms with Crippen molar-refractivity contribution in [3.8, 4) is 0 Å². The van der Waals surface area contributed by atoms with Crippen LogP contribution in [0.25, 0.3) is 17.0 Å². The fourth-order valence-corrected chi connectivity index (χ4v) is 5.20. The Labute approximate surface area is 216 Å². The number of amidine groups is 1. The highest BCUT2D eigenvalue weighted by Gasteiger charge is 2.25. The Morgan fingerprint density at radius 2 is 1.76 bits per heavy atom. The first-order valence-electron chi connectivity index (χ1n) is 10.5. The average molecular weight is 527 g/mol. The van der Waals surface area contributed by atoms with Crippen molar-refractivity contribution in [1.82, 2.24) is 9.88 Å². The predicted molar refractivity (Wildman–Crippen MR) is 144 cm³/mol. The minimum atomic E-state index is -0.198. The first-order chi connectivity index (χ1) is 16.4. The molecule has 1 aliphatic heterocycles. The van der Waals surface area contributed by atoms with Crippen LogP contribution in [0.1, 0.15) is 16.8 Å². The third-order valence-electron chi connectivity index (χ3n) is 5.61. The van der Waals surface area contributed by atoms with Gasteiger partial charge in [0, 0.05) is 33.7 Å². The molecule has 0 saturated carbocycles. The molecule has 3 aromatic carbocycles. The lowest BCUT2D eigenvalue weighted by Gasteiger charge is -2.09. The SMILES string of the molecule is Cc1c(/C=C2\SC(=Nc3cccc(Cl)c3Cl)NC2=O)c2ccccc2n1Cc1ccc(Cl)cc1. The number of fused-ring (bicyclic) bond motifs is 1. The van der Waals surface area contributed by atoms with Crippen LogP contribution in [0, 0.1) is 6.92 Å². The third kappa shape index (κ3) is 4.49. The van der Waals surface area contributed by atoms with E-state index in [1.54, 1.807) is 18.2 Å². The van der Waals surface area contributed by atoms with Crippen molar-refractivity contribution in [3.63, 3.8) is 0 Å². The lowest BCUT2D eigenvalue weighted by molar-refractivity contribution is -0.115. The molecule has 0 radical (unpaired) electrons. The number of hydrogen-bond donors (Lipinski definition) is 1. The second-order valence-electron chi connectivity index (χ2n) is 7.78. The number of amides is 1. The van der Waals surface area contributed by atoms with Crippen LogP contribution in [0.4, 0.5) is 5.69 Å². The molecule has 1 aromatic heterocycles. The number of nitrogens with one attached hydrogen (secondary N) is 1. The van der Waals surface area contributed by atoms with Gasteiger partial charge in [-0.15, -0.1) is 0 Å². The largest absolute Gasteiger partial charge is 0.340 e. The number of thioether (sulfide) groups is 1. The summed E-state index contributed by atoms with van der Waals surface area (Å²) >= 11 is 19.7. The lowest BCUT2D eigenvalue weighted by Crippen LogP contribution is -2.19. The molecular formula is C26H18Cl3N3OS. The zero-order chi connectivity index (χ0) is 23.8. The van der Waals surface area contributed by atoms with Gasteiger partial charge in [-0.05, 0) is 60.7 Å². The Kier molecular flexibility index (Phi) is 6.45. The van der Waals surface area contributed by atoms with Gasteiger partial charge in [0.05, 0.1) is 20.6 Å². The van der Waals surface area contributed by atoms with Crippen LogP contribution in [0.2, 0.25) is 15.1 Å². The number of carbonyl (C=O) groups is 1. The minimum Gasteiger partial charge on any atom is -0.340 e. The van der Waals surface area contributed by atoms with E-state index in [9.17, 15) is 4.79 Å². The molecule has 1 aliphatic rings. The summed E-state index contributed by atoms with van der Waals surface area (Å²) in [6.45, 7) is 2.77. The van der Waals surface area contributed by atoms with E-state index in [-0.39, 0.29) is 5.91 Å². The summed E-state index contributed by atoms with van der Waals surface area (Å²) in [5.74, 6) is -0.198. The molecule has 0 bridgehead atoms. The number of aromatic nitrogens is 1. The number of rotatable bonds is 4. The molecule has 1 amide bonds. The van der Waals surface area contributed by atoms with Crippen LogP contribution in [0.15, 0.2) is 76.6 Å². The minimum absolute atomic E-state index is 0.198. The summed E-state index contributed by atoms with van der Waals surface area (Å²) in [4.78, 5) is 17.8. The average Bonchev–Trinajstić information content (AvgIpc) is 3.30. The normalized spacial score (nSPS) is 16.1. The molecule has 8 heteroatoms. The van der Waals surface area contributed by atoms with Crippen LogP contribution >= 0.6 is 46.6 Å². The molecule has 1 saturated heterocycles. The maximum absolute atomic E-state index is 12.7. The zero-order valence-electron chi connectivity index (χ0n) is 18.0. The van der Waals surface area contributed by atoms with Gasteiger partial charge >= 0.3 is 0 Å². The first-order valence-corrected chi connectivity index (χ1v) is 12.4. The summed E-state index contributed by atoms with van der Waals surface area (Å²) < 4.78 is 2.25. The van der Waals surface area contributed by atoms with Crippen molar-refractivity contribution in [3.05, 3.63) is 104 Å². The van der Waals surface area contributed by atoms with E-state index in [0.717, 1.165) is 27.7 Å². The highest BCUT2D eigenvalue weighted by atomic mass is 35.5. The van der Waals surface area contributed by atoms with Gasteiger partial charge in [0.25, 0.3) is 5.91 Å². The first kappa shape index (κ1) is 23.1. The number of carbonyl (C=O) groups excluding carboxylic acids is 1. The zero-order valence-corrected chi connectivity index (χ0v) is 21.1. The summed E-state index contributed by atoms with van der Waals surface area (Å²) in [6.07, 6.45) is 1.93. The molecule has 0 unspecified atom stereocenters. The van der Waals surface area contributed by atoms with Gasteiger partial charge in [-0.25, -0.2) is 4.99 Å². The Bertz CT molecular complexity index is 1490. The molecule has 34 heavy (non-hydrogen) atoms. The summed E-state index contributed by atoms with van der Waals surface area (Å²) in [5.41, 5.74) is 4.83. The third-order valence-corrected chi connectivity index (χ3v) is 7.58. The molecular weight excluding hydrogens is 509 g/mol. The van der Waals surface area contributed by atoms with Crippen molar-refractivity contribution < 1.29 is 4.79 Å². The molecule has 0 aliphatic carbocycles. The molecule has 0 atom stereocenters. The number of hydrogen-bond acceptors (Lipinski definition) is 3. The maximum Gasteiger partial charge on any atom is 0.264 e. The summed E-state index contributed by atoms with van der Waals surface area (Å²) in [5, 5.41) is 5.84. The molecule has 1 N–H and O–H groups in total. The second-order valence-corrected chi connectivity index (χ2v) is 10.0. The Hall–Kier alpha value is -2.70. The molecule has 0 spiro atoms. The van der Waals surface area contributed by atoms with Gasteiger partial charge in [-0.1, -0.05) is 71.2 Å². The standard InChI is InChI=1S/C26H18Cl3N3OS/c1-15-19(13-23-25(33)31-26(34-23)30-21-7-4-6-20(28)24(21)29)18-5-2-3-8-22(18)32(15)14-16-9-11-17(27)12-10-16/h2-13H,14H2,1H3,(H,30,31,33)/b23-13-. The molecule has 4 aromatic rings. The van der Waals surface area contributed by atoms with Gasteiger partial charge in [-0.3, -0.25) is 4.79 Å². The van der Waals surface area contributed by atoms with Crippen LogP contribution < -0.4 is 5.32 Å². The monoisotopic (exact) mass is 525 g/mol. The number of nitrogens with zero attached hydrogens (tertiary/aromatic N) is 2. The van der Waals surface area contributed by atoms with E-state index in [4.69, 9.17) is 34.8 Å². The van der Waals surface area contributed by atoms with Crippen molar-refractivity contribution in [1.29, 1.82) is 0 Å². The Morgan fingerprint density at radius 1 is 1.00 bits per heavy atom. The van der Waals surface area contributed by atoms with E-state index >= 15 is 0 Å². The summed E-state index contributed by atoms with van der Waals surface area (Å²) in [6, 6.07) is 21.3. The van der Waals surface area contributed by atoms with E-state index in [0.29, 0.717) is 37.4 Å². The van der Waals surface area contributed by atoms with Crippen molar-refractivity contribution in [2.45, 2.75) is 13.5 Å². The Morgan fingerprint density at radius 3 is 2.56 bits per heavy atom. The highest BCUT2D eigenvalue weighted by Crippen LogP contribution is 2.36. The van der Waals surface area contributed by atoms with Gasteiger partial charge in [0.1, 0.15) is 0 Å². The number of para-hydroxylation sites is 1. The van der Waals surface area contributed by atoms with E-state index < -0.39 is 0 Å². The molecule has 5 rings (SSSR count). The number of halogens is 3. The van der Waals surface area contributed by atoms with E-state index in [1.807, 2.05) is 42.5 Å². The highest BCUT2D eigenvalue weighted by molar-refractivity contribution is 8.18. The number of aliphatic imine (C=N–C) groups is 1. The second kappa shape index (κ2) is 9.51. The van der Waals surface area contributed by atoms with Crippen LogP contribution in [0.5, 0.6) is 0 Å². The summed E-state index contributed by atoms with van der Waals surface area (Å²) in [7, 11) is 0. The fourth-order valence-electron chi connectivity index (χ4n) is 3.92. The smallest absolute Gasteiger partial charge is 0.264 e. The Balaban J connectivity index is 1.52. The molecule has 170 valence electrons. The van der Waals surface area contributed by atoms with Gasteiger partial charge in [0.2, 0.25) is 0 Å². The van der Waals surface area contributed by atoms with Gasteiger partial charge in [0.15, 0.2) is 5.17 Å². The van der Waals surface area contributed by atoms with Crippen molar-refractivity contribution in [2.24, 2.45) is 4.99 Å². The fraction of sp³-hybridized carbons (Fsp3) is 0.0769. The topological polar surface area (TPSA) is 46.4 Å². The van der Waals surface area contributed by atoms with E-state index in [2.05, 4.69) is 33.9 Å². The van der Waals surface area contributed by atoms with Crippen LogP contribution in [-0.2, 0) is 11.3 Å². The predicted octanol–water partition coefficient (Wildman–Crippen LogP) is 7.85. The number of benzene rings is 3.